The first-order chi connectivity index (χ1) is 7.50. The van der Waals surface area contributed by atoms with Gasteiger partial charge in [0, 0.05) is 5.69 Å². The molecule has 0 radical (unpaired) electrons. The first kappa shape index (κ1) is 18.3. The first-order valence-electron chi connectivity index (χ1n) is 4.24. The molecule has 11 heteroatoms. The van der Waals surface area contributed by atoms with Crippen LogP contribution in [-0.2, 0) is 14.2 Å². The molecule has 1 aromatic rings. The number of anilines is 1. The molecule has 2 unspecified atom stereocenters. The average Bonchev–Trinajstić information content (AvgIpc) is 2.14. The molecule has 1 rings (SSSR count). The Labute approximate surface area is 125 Å². The normalized spacial score (nSPS) is 18.3. The molecule has 96 valence electrons. The van der Waals surface area contributed by atoms with Gasteiger partial charge in [0.05, 0.1) is 0 Å². The number of nitrogens with two attached hydrogens (primary N) is 2. The molecule has 0 aliphatic heterocycles. The van der Waals surface area contributed by atoms with Crippen LogP contribution < -0.4 is 45.9 Å². The summed E-state index contributed by atoms with van der Waals surface area (Å²) in [5, 5.41) is -3.17. The van der Waals surface area contributed by atoms with Crippen LogP contribution in [0.25, 0.3) is 0 Å². The fourth-order valence-electron chi connectivity index (χ4n) is 1.22. The molecule has 0 aromatic heterocycles. The van der Waals surface area contributed by atoms with Crippen molar-refractivity contribution in [2.75, 3.05) is 5.73 Å². The Bertz CT molecular complexity index is 487. The summed E-state index contributed by atoms with van der Waals surface area (Å²) in [7, 11) is -10.9. The summed E-state index contributed by atoms with van der Waals surface area (Å²) in [4.78, 5) is 38.1. The Hall–Kier alpha value is 0.280. The quantitative estimate of drug-likeness (QED) is 0.214. The van der Waals surface area contributed by atoms with Crippen LogP contribution in [-0.4, -0.2) is 14.7 Å². The van der Waals surface area contributed by atoms with Crippen LogP contribution in [0.4, 0.5) is 5.69 Å². The molecule has 18 heavy (non-hydrogen) atoms. The van der Waals surface area contributed by atoms with Gasteiger partial charge >= 0.3 is 37.2 Å². The molecule has 0 spiro atoms. The van der Waals surface area contributed by atoms with Crippen molar-refractivity contribution in [3.05, 3.63) is 29.8 Å². The van der Waals surface area contributed by atoms with Crippen molar-refractivity contribution >= 4 is 20.9 Å². The Balaban J connectivity index is 0.00000289. The monoisotopic (exact) mass is 304 g/mol. The van der Waals surface area contributed by atoms with Gasteiger partial charge in [-0.15, -0.1) is 0 Å². The van der Waals surface area contributed by atoms with Gasteiger partial charge in [0.1, 0.15) is 0 Å². The first-order valence-corrected chi connectivity index (χ1v) is 7.43. The van der Waals surface area contributed by atoms with Crippen molar-refractivity contribution in [1.29, 1.82) is 0 Å². The van der Waals surface area contributed by atoms with Crippen LogP contribution in [0.15, 0.2) is 24.3 Å². The second-order valence-corrected chi connectivity index (χ2v) is 7.31. The van der Waals surface area contributed by atoms with Crippen molar-refractivity contribution in [3.63, 3.8) is 0 Å². The van der Waals surface area contributed by atoms with Gasteiger partial charge in [-0.1, -0.05) is 12.1 Å². The van der Waals surface area contributed by atoms with Crippen molar-refractivity contribution in [3.8, 4) is 0 Å². The van der Waals surface area contributed by atoms with Gasteiger partial charge in [-0.2, -0.15) is 0 Å². The molecular weight excluding hydrogens is 293 g/mol. The Morgan fingerprint density at radius 1 is 1.11 bits per heavy atom. The van der Waals surface area contributed by atoms with E-state index in [0.717, 1.165) is 12.1 Å². The summed E-state index contributed by atoms with van der Waals surface area (Å²) in [6.45, 7) is 0. The van der Waals surface area contributed by atoms with Gasteiger partial charge in [-0.25, -0.2) is 0 Å². The van der Waals surface area contributed by atoms with E-state index in [1.54, 1.807) is 0 Å². The minimum Gasteiger partial charge on any atom is -0.777 e. The third-order valence-electron chi connectivity index (χ3n) is 2.21. The van der Waals surface area contributed by atoms with Gasteiger partial charge < -0.3 is 35.6 Å². The molecule has 1 aromatic carbocycles. The van der Waals surface area contributed by atoms with E-state index >= 15 is 0 Å². The minimum atomic E-state index is -5.52. The van der Waals surface area contributed by atoms with Crippen molar-refractivity contribution in [1.82, 2.24) is 0 Å². The smallest absolute Gasteiger partial charge is 0.777 e. The standard InChI is InChI=1S/C7H12N2O6P2.Na/c8-6-3-1-5(2-4-6)7(9,16(10,11)12)17(13,14)15;/h1-4H,8-9H2,(H2,10,11,12)(H2,13,14,15);/q;+1/p-1. The van der Waals surface area contributed by atoms with E-state index < -0.39 is 25.8 Å². The largest absolute Gasteiger partial charge is 1.00 e. The van der Waals surface area contributed by atoms with Crippen LogP contribution in [0.2, 0.25) is 0 Å². The molecule has 0 amide bonds. The van der Waals surface area contributed by atoms with Crippen LogP contribution >= 0.6 is 15.2 Å². The molecule has 0 saturated heterocycles. The predicted octanol–water partition coefficient (Wildman–Crippen LogP) is -3.93. The fraction of sp³-hybridized carbons (Fsp3) is 0.143. The molecule has 0 fully saturated rings. The predicted molar refractivity (Wildman–Crippen MR) is 58.6 cm³/mol. The molecule has 8 nitrogen and oxygen atoms in total. The summed E-state index contributed by atoms with van der Waals surface area (Å²) in [5.74, 6) is 0. The van der Waals surface area contributed by atoms with E-state index in [9.17, 15) is 14.0 Å². The number of hydrogen-bond acceptors (Lipinski definition) is 5. The fourth-order valence-corrected chi connectivity index (χ4v) is 3.50. The van der Waals surface area contributed by atoms with Gasteiger partial charge in [-0.05, 0) is 17.7 Å². The third-order valence-corrected chi connectivity index (χ3v) is 6.02. The van der Waals surface area contributed by atoms with Crippen LogP contribution in [0.5, 0.6) is 0 Å². The van der Waals surface area contributed by atoms with Crippen molar-refractivity contribution < 1.29 is 58.3 Å². The van der Waals surface area contributed by atoms with Gasteiger partial charge in [0.15, 0.2) is 7.60 Å². The van der Waals surface area contributed by atoms with Gasteiger partial charge in [-0.3, -0.25) is 4.57 Å². The number of hydrogen-bond donors (Lipinski definition) is 5. The van der Waals surface area contributed by atoms with E-state index in [1.807, 2.05) is 0 Å². The van der Waals surface area contributed by atoms with E-state index in [-0.39, 0.29) is 35.2 Å². The Kier molecular flexibility index (Phi) is 5.82. The summed E-state index contributed by atoms with van der Waals surface area (Å²) < 4.78 is 22.3. The molecule has 0 aliphatic rings. The van der Waals surface area contributed by atoms with Crippen LogP contribution in [0.3, 0.4) is 0 Å². The van der Waals surface area contributed by atoms with E-state index in [0.29, 0.717) is 0 Å². The second-order valence-electron chi connectivity index (χ2n) is 3.41. The Morgan fingerprint density at radius 3 is 1.78 bits per heavy atom. The maximum Gasteiger partial charge on any atom is 1.00 e. The molecule has 0 bridgehead atoms. The van der Waals surface area contributed by atoms with Gasteiger partial charge in [0.25, 0.3) is 0 Å². The Morgan fingerprint density at radius 2 is 1.50 bits per heavy atom. The molecule has 0 heterocycles. The number of nitrogen functional groups attached to an aromatic ring is 1. The summed E-state index contributed by atoms with van der Waals surface area (Å²) in [5.41, 5.74) is 10.3. The maximum absolute atomic E-state index is 11.2. The molecule has 7 N–H and O–H groups in total. The average molecular weight is 304 g/mol. The summed E-state index contributed by atoms with van der Waals surface area (Å²) in [6.07, 6.45) is 0. The van der Waals surface area contributed by atoms with Crippen LogP contribution in [0.1, 0.15) is 5.56 Å². The SMILES string of the molecule is Nc1ccc(C(N)(P(=O)([O-])O)P(=O)(O)O)cc1.[Na+]. The molecule has 0 saturated carbocycles. The zero-order chi connectivity index (χ0) is 13.5. The van der Waals surface area contributed by atoms with Crippen LogP contribution in [0, 0.1) is 0 Å². The van der Waals surface area contributed by atoms with Crippen molar-refractivity contribution in [2.24, 2.45) is 5.73 Å². The zero-order valence-electron chi connectivity index (χ0n) is 9.42. The topological polar surface area (TPSA) is 170 Å². The van der Waals surface area contributed by atoms with E-state index in [1.165, 1.54) is 12.1 Å². The number of rotatable bonds is 3. The zero-order valence-corrected chi connectivity index (χ0v) is 13.2. The van der Waals surface area contributed by atoms with E-state index in [2.05, 4.69) is 0 Å². The maximum atomic E-state index is 11.2. The molecular formula is C7H11N2NaO6P2. The van der Waals surface area contributed by atoms with Gasteiger partial charge in [0.2, 0.25) is 5.02 Å². The van der Waals surface area contributed by atoms with Crippen molar-refractivity contribution in [2.45, 2.75) is 5.02 Å². The molecule has 2 atom stereocenters. The summed E-state index contributed by atoms with van der Waals surface area (Å²) >= 11 is 0. The summed E-state index contributed by atoms with van der Waals surface area (Å²) in [6, 6.07) is 4.47. The minimum absolute atomic E-state index is 0. The third kappa shape index (κ3) is 3.23. The number of benzene rings is 1. The van der Waals surface area contributed by atoms with E-state index in [4.69, 9.17) is 26.1 Å². The molecule has 0 aliphatic carbocycles. The second kappa shape index (κ2) is 5.73.